The van der Waals surface area contributed by atoms with Crippen LogP contribution in [0.15, 0.2) is 83.8 Å². The molecule has 0 aliphatic carbocycles. The second-order valence-electron chi connectivity index (χ2n) is 9.51. The van der Waals surface area contributed by atoms with Gasteiger partial charge in [0.25, 0.3) is 10.0 Å². The van der Waals surface area contributed by atoms with Crippen LogP contribution < -0.4 is 9.62 Å². The van der Waals surface area contributed by atoms with E-state index in [1.165, 1.54) is 29.2 Å². The first-order valence-electron chi connectivity index (χ1n) is 12.7. The third-order valence-electron chi connectivity index (χ3n) is 6.06. The Bertz CT molecular complexity index is 1350. The molecule has 0 saturated heterocycles. The first-order valence-corrected chi connectivity index (χ1v) is 15.2. The number of anilines is 1. The van der Waals surface area contributed by atoms with Crippen LogP contribution in [0, 0.1) is 15.3 Å². The van der Waals surface area contributed by atoms with Gasteiger partial charge in [-0.3, -0.25) is 13.9 Å². The lowest BCUT2D eigenvalue weighted by Crippen LogP contribution is -2.52. The fourth-order valence-corrected chi connectivity index (χ4v) is 5.78. The SMILES string of the molecule is CC[C@H](C(=O)NCC(C)C)N(Cc1ccc(F)cc1)C(=O)CN(c1ccc(I)cc1)S(=O)(=O)c1ccccc1. The average Bonchev–Trinajstić information content (AvgIpc) is 2.92. The number of rotatable bonds is 12. The molecule has 0 aliphatic heterocycles. The molecule has 1 atom stereocenters. The van der Waals surface area contributed by atoms with E-state index in [9.17, 15) is 22.4 Å². The zero-order chi connectivity index (χ0) is 28.6. The van der Waals surface area contributed by atoms with Crippen molar-refractivity contribution >= 4 is 50.1 Å². The number of sulfonamides is 1. The van der Waals surface area contributed by atoms with Crippen LogP contribution in [-0.2, 0) is 26.2 Å². The molecule has 0 aliphatic rings. The van der Waals surface area contributed by atoms with Gasteiger partial charge in [0.15, 0.2) is 0 Å². The molecule has 208 valence electrons. The average molecular weight is 666 g/mol. The van der Waals surface area contributed by atoms with Crippen LogP contribution in [0.1, 0.15) is 32.8 Å². The Morgan fingerprint density at radius 3 is 2.13 bits per heavy atom. The maximum atomic E-state index is 14.0. The number of carbonyl (C=O) groups is 2. The van der Waals surface area contributed by atoms with Gasteiger partial charge in [0, 0.05) is 16.7 Å². The maximum Gasteiger partial charge on any atom is 0.264 e. The van der Waals surface area contributed by atoms with Crippen molar-refractivity contribution in [1.82, 2.24) is 10.2 Å². The van der Waals surface area contributed by atoms with Crippen LogP contribution in [0.5, 0.6) is 0 Å². The Kier molecular flexibility index (Phi) is 10.9. The molecular formula is C29H33FIN3O4S. The Morgan fingerprint density at radius 1 is 0.949 bits per heavy atom. The van der Waals surface area contributed by atoms with E-state index in [0.717, 1.165) is 7.88 Å². The molecule has 0 unspecified atom stereocenters. The van der Waals surface area contributed by atoms with E-state index in [-0.39, 0.29) is 23.3 Å². The van der Waals surface area contributed by atoms with E-state index >= 15 is 0 Å². The standard InChI is InChI=1S/C29H33FIN3O4S/c1-4-27(29(36)32-18-21(2)3)33(19-22-10-12-23(30)13-11-22)28(35)20-34(25-16-14-24(31)15-17-25)39(37,38)26-8-6-5-7-9-26/h5-17,21,27H,4,18-20H2,1-3H3,(H,32,36)/t27-/m1/s1. The molecule has 0 heterocycles. The number of nitrogens with one attached hydrogen (secondary N) is 1. The minimum atomic E-state index is -4.11. The van der Waals surface area contributed by atoms with Crippen molar-refractivity contribution in [2.45, 2.75) is 44.7 Å². The zero-order valence-corrected chi connectivity index (χ0v) is 25.2. The van der Waals surface area contributed by atoms with E-state index in [1.54, 1.807) is 61.5 Å². The lowest BCUT2D eigenvalue weighted by molar-refractivity contribution is -0.140. The van der Waals surface area contributed by atoms with Crippen molar-refractivity contribution in [3.8, 4) is 0 Å². The molecule has 2 amide bonds. The molecule has 1 N–H and O–H groups in total. The zero-order valence-electron chi connectivity index (χ0n) is 22.2. The van der Waals surface area contributed by atoms with Gasteiger partial charge >= 0.3 is 0 Å². The number of carbonyl (C=O) groups excluding carboxylic acids is 2. The first kappa shape index (κ1) is 30.6. The van der Waals surface area contributed by atoms with Gasteiger partial charge in [-0.25, -0.2) is 12.8 Å². The minimum Gasteiger partial charge on any atom is -0.354 e. The topological polar surface area (TPSA) is 86.8 Å². The molecule has 0 spiro atoms. The molecule has 0 saturated carbocycles. The quantitative estimate of drug-likeness (QED) is 0.270. The van der Waals surface area contributed by atoms with Crippen molar-refractivity contribution in [2.24, 2.45) is 5.92 Å². The number of hydrogen-bond donors (Lipinski definition) is 1. The smallest absolute Gasteiger partial charge is 0.264 e. The summed E-state index contributed by atoms with van der Waals surface area (Å²) in [6.07, 6.45) is 0.311. The molecule has 7 nitrogen and oxygen atoms in total. The summed E-state index contributed by atoms with van der Waals surface area (Å²) in [6, 6.07) is 19.5. The number of hydrogen-bond acceptors (Lipinski definition) is 4. The van der Waals surface area contributed by atoms with Crippen molar-refractivity contribution in [2.75, 3.05) is 17.4 Å². The number of amides is 2. The fourth-order valence-electron chi connectivity index (χ4n) is 3.98. The Labute approximate surface area is 243 Å². The third kappa shape index (κ3) is 8.25. The summed E-state index contributed by atoms with van der Waals surface area (Å²) in [5.41, 5.74) is 0.943. The molecule has 10 heteroatoms. The Balaban J connectivity index is 2.02. The molecule has 3 aromatic rings. The van der Waals surface area contributed by atoms with Gasteiger partial charge in [-0.2, -0.15) is 0 Å². The Hall–Kier alpha value is -2.99. The number of nitrogens with zero attached hydrogens (tertiary/aromatic N) is 2. The molecule has 3 rings (SSSR count). The third-order valence-corrected chi connectivity index (χ3v) is 8.57. The highest BCUT2D eigenvalue weighted by Crippen LogP contribution is 2.25. The fraction of sp³-hybridized carbons (Fsp3) is 0.310. The normalized spacial score (nSPS) is 12.2. The summed E-state index contributed by atoms with van der Waals surface area (Å²) >= 11 is 2.12. The lowest BCUT2D eigenvalue weighted by atomic mass is 10.1. The molecule has 0 fully saturated rings. The predicted octanol–water partition coefficient (Wildman–Crippen LogP) is 5.21. The van der Waals surface area contributed by atoms with Gasteiger partial charge in [0.2, 0.25) is 11.8 Å². The van der Waals surface area contributed by atoms with Gasteiger partial charge in [-0.05, 0) is 89.0 Å². The number of benzene rings is 3. The highest BCUT2D eigenvalue weighted by atomic mass is 127. The van der Waals surface area contributed by atoms with Gasteiger partial charge in [-0.15, -0.1) is 0 Å². The summed E-state index contributed by atoms with van der Waals surface area (Å²) in [4.78, 5) is 28.6. The van der Waals surface area contributed by atoms with Crippen molar-refractivity contribution in [1.29, 1.82) is 0 Å². The number of halogens is 2. The van der Waals surface area contributed by atoms with Crippen LogP contribution in [0.2, 0.25) is 0 Å². The van der Waals surface area contributed by atoms with E-state index in [2.05, 4.69) is 27.9 Å². The summed E-state index contributed by atoms with van der Waals surface area (Å²) < 4.78 is 43.1. The summed E-state index contributed by atoms with van der Waals surface area (Å²) in [6.45, 7) is 5.66. The molecule has 0 bridgehead atoms. The highest BCUT2D eigenvalue weighted by Gasteiger charge is 2.33. The van der Waals surface area contributed by atoms with E-state index < -0.39 is 34.3 Å². The van der Waals surface area contributed by atoms with E-state index in [1.807, 2.05) is 13.8 Å². The predicted molar refractivity (Wildman–Crippen MR) is 159 cm³/mol. The van der Waals surface area contributed by atoms with Crippen LogP contribution in [0.4, 0.5) is 10.1 Å². The summed E-state index contributed by atoms with van der Waals surface area (Å²) in [7, 11) is -4.11. The Morgan fingerprint density at radius 2 is 1.56 bits per heavy atom. The molecule has 3 aromatic carbocycles. The minimum absolute atomic E-state index is 0.0125. The van der Waals surface area contributed by atoms with Crippen LogP contribution in [0.25, 0.3) is 0 Å². The van der Waals surface area contributed by atoms with Gasteiger partial charge in [0.1, 0.15) is 18.4 Å². The van der Waals surface area contributed by atoms with Crippen molar-refractivity contribution < 1.29 is 22.4 Å². The summed E-state index contributed by atoms with van der Waals surface area (Å²) in [5.74, 6) is -1.09. The molecule has 0 radical (unpaired) electrons. The van der Waals surface area contributed by atoms with Crippen LogP contribution >= 0.6 is 22.6 Å². The monoisotopic (exact) mass is 665 g/mol. The largest absolute Gasteiger partial charge is 0.354 e. The highest BCUT2D eigenvalue weighted by molar-refractivity contribution is 14.1. The molecule has 0 aromatic heterocycles. The maximum absolute atomic E-state index is 14.0. The van der Waals surface area contributed by atoms with E-state index in [0.29, 0.717) is 24.2 Å². The van der Waals surface area contributed by atoms with Crippen LogP contribution in [-0.4, -0.2) is 44.3 Å². The lowest BCUT2D eigenvalue weighted by Gasteiger charge is -2.33. The van der Waals surface area contributed by atoms with Gasteiger partial charge < -0.3 is 10.2 Å². The second-order valence-corrected chi connectivity index (χ2v) is 12.6. The van der Waals surface area contributed by atoms with Crippen molar-refractivity contribution in [3.05, 3.63) is 93.8 Å². The van der Waals surface area contributed by atoms with Crippen LogP contribution in [0.3, 0.4) is 0 Å². The first-order chi connectivity index (χ1) is 18.5. The summed E-state index contributed by atoms with van der Waals surface area (Å²) in [5, 5.41) is 2.89. The van der Waals surface area contributed by atoms with Crippen molar-refractivity contribution in [3.63, 3.8) is 0 Å². The van der Waals surface area contributed by atoms with Gasteiger partial charge in [-0.1, -0.05) is 51.1 Å². The second kappa shape index (κ2) is 13.9. The molecular weight excluding hydrogens is 632 g/mol. The molecule has 39 heavy (non-hydrogen) atoms. The van der Waals surface area contributed by atoms with Gasteiger partial charge in [0.05, 0.1) is 10.6 Å². The van der Waals surface area contributed by atoms with E-state index in [4.69, 9.17) is 0 Å².